The van der Waals surface area contributed by atoms with E-state index in [1.54, 1.807) is 6.07 Å². The molecule has 0 bridgehead atoms. The van der Waals surface area contributed by atoms with Crippen LogP contribution in [0, 0.1) is 10.1 Å². The number of aromatic nitrogens is 1. The van der Waals surface area contributed by atoms with Gasteiger partial charge in [-0.25, -0.2) is 4.98 Å². The number of halogens is 1. The Hall–Kier alpha value is -2.52. The van der Waals surface area contributed by atoms with Crippen LogP contribution in [-0.2, 0) is 10.2 Å². The van der Waals surface area contributed by atoms with E-state index in [0.717, 1.165) is 10.2 Å². The Morgan fingerprint density at radius 1 is 1.27 bits per heavy atom. The molecule has 2 aromatic carbocycles. The zero-order chi connectivity index (χ0) is 21.9. The predicted molar refractivity (Wildman–Crippen MR) is 122 cm³/mol. The molecule has 1 amide bonds. The van der Waals surface area contributed by atoms with Crippen LogP contribution in [0.3, 0.4) is 0 Å². The average Bonchev–Trinajstić information content (AvgIpc) is 3.06. The second kappa shape index (κ2) is 9.09. The Balaban J connectivity index is 1.49. The first-order valence-corrected chi connectivity index (χ1v) is 11.0. The van der Waals surface area contributed by atoms with E-state index in [2.05, 4.69) is 53.1 Å². The van der Waals surface area contributed by atoms with Crippen LogP contribution in [-0.4, -0.2) is 22.4 Å². The van der Waals surface area contributed by atoms with Gasteiger partial charge in [0.25, 0.3) is 5.69 Å². The number of rotatable bonds is 7. The number of nitrogens with one attached hydrogen (secondary N) is 1. The highest BCUT2D eigenvalue weighted by molar-refractivity contribution is 9.10. The van der Waals surface area contributed by atoms with E-state index in [4.69, 9.17) is 4.74 Å². The van der Waals surface area contributed by atoms with E-state index >= 15 is 0 Å². The van der Waals surface area contributed by atoms with Gasteiger partial charge in [-0.15, -0.1) is 0 Å². The van der Waals surface area contributed by atoms with Crippen molar-refractivity contribution in [2.75, 3.05) is 11.9 Å². The molecule has 30 heavy (non-hydrogen) atoms. The zero-order valence-electron chi connectivity index (χ0n) is 16.9. The number of carbonyl (C=O) groups excluding carboxylic acids is 1. The number of nitrogens with zero attached hydrogens (tertiary/aromatic N) is 2. The fourth-order valence-corrected chi connectivity index (χ4v) is 4.17. The second-order valence-corrected chi connectivity index (χ2v) is 9.71. The molecule has 0 saturated heterocycles. The summed E-state index contributed by atoms with van der Waals surface area (Å²) in [7, 11) is 0. The molecule has 0 atom stereocenters. The van der Waals surface area contributed by atoms with Crippen LogP contribution in [0.25, 0.3) is 10.2 Å². The summed E-state index contributed by atoms with van der Waals surface area (Å²) < 4.78 is 7.34. The molecular weight excluding hydrogens is 470 g/mol. The average molecular weight is 492 g/mol. The number of benzene rings is 2. The van der Waals surface area contributed by atoms with Crippen LogP contribution in [0.5, 0.6) is 5.75 Å². The van der Waals surface area contributed by atoms with Crippen molar-refractivity contribution in [1.82, 2.24) is 4.98 Å². The molecule has 0 radical (unpaired) electrons. The normalized spacial score (nSPS) is 11.5. The molecule has 158 valence electrons. The van der Waals surface area contributed by atoms with Crippen molar-refractivity contribution >= 4 is 54.2 Å². The molecular formula is C21H22BrN3O4S. The number of hydrogen-bond acceptors (Lipinski definition) is 6. The van der Waals surface area contributed by atoms with Crippen molar-refractivity contribution in [1.29, 1.82) is 0 Å². The lowest BCUT2D eigenvalue weighted by atomic mass is 9.87. The molecule has 1 aromatic heterocycles. The Kier molecular flexibility index (Phi) is 6.72. The lowest BCUT2D eigenvalue weighted by molar-refractivity contribution is -0.384. The largest absolute Gasteiger partial charge is 0.492 e. The maximum absolute atomic E-state index is 12.2. The summed E-state index contributed by atoms with van der Waals surface area (Å²) in [6.45, 7) is 6.87. The summed E-state index contributed by atoms with van der Waals surface area (Å²) in [6, 6.07) is 10.5. The van der Waals surface area contributed by atoms with Gasteiger partial charge in [-0.1, -0.05) is 38.2 Å². The lowest BCUT2D eigenvalue weighted by Gasteiger charge is -2.20. The molecule has 0 aliphatic rings. The van der Waals surface area contributed by atoms with Crippen LogP contribution < -0.4 is 10.1 Å². The molecule has 0 aliphatic carbocycles. The van der Waals surface area contributed by atoms with Crippen molar-refractivity contribution in [2.24, 2.45) is 0 Å². The third kappa shape index (κ3) is 5.54. The summed E-state index contributed by atoms with van der Waals surface area (Å²) in [5, 5.41) is 14.0. The van der Waals surface area contributed by atoms with Crippen molar-refractivity contribution < 1.29 is 14.5 Å². The van der Waals surface area contributed by atoms with Gasteiger partial charge >= 0.3 is 0 Å². The first-order valence-electron chi connectivity index (χ1n) is 9.41. The highest BCUT2D eigenvalue weighted by atomic mass is 79.9. The molecule has 1 N–H and O–H groups in total. The summed E-state index contributed by atoms with van der Waals surface area (Å²) in [5.74, 6) is 0.575. The van der Waals surface area contributed by atoms with E-state index in [1.165, 1.54) is 29.0 Å². The number of nitro benzene ring substituents is 1. The van der Waals surface area contributed by atoms with Crippen LogP contribution in [0.4, 0.5) is 10.8 Å². The van der Waals surface area contributed by atoms with Crippen LogP contribution in [0.15, 0.2) is 40.9 Å². The first kappa shape index (κ1) is 22.2. The standard InChI is InChI=1S/C21H22BrN3O4S/c1-21(2,3)13-6-9-17(15(22)11-13)29-10-4-5-19(26)24-20-23-16-8-7-14(25(27)28)12-18(16)30-20/h6-9,11-12H,4-5,10H2,1-3H3,(H,23,24,26). The van der Waals surface area contributed by atoms with E-state index < -0.39 is 4.92 Å². The summed E-state index contributed by atoms with van der Waals surface area (Å²) in [6.07, 6.45) is 0.837. The van der Waals surface area contributed by atoms with Gasteiger partial charge in [0, 0.05) is 18.6 Å². The molecule has 7 nitrogen and oxygen atoms in total. The maximum Gasteiger partial charge on any atom is 0.270 e. The number of ether oxygens (including phenoxy) is 1. The lowest BCUT2D eigenvalue weighted by Crippen LogP contribution is -2.13. The minimum absolute atomic E-state index is 0.00266. The Morgan fingerprint density at radius 2 is 2.03 bits per heavy atom. The fraction of sp³-hybridized carbons (Fsp3) is 0.333. The van der Waals surface area contributed by atoms with Gasteiger partial charge in [0.05, 0.1) is 26.2 Å². The smallest absolute Gasteiger partial charge is 0.270 e. The molecule has 0 saturated carbocycles. The summed E-state index contributed by atoms with van der Waals surface area (Å²) in [5.41, 5.74) is 1.89. The van der Waals surface area contributed by atoms with Gasteiger partial charge in [-0.05, 0) is 51.5 Å². The summed E-state index contributed by atoms with van der Waals surface area (Å²) >= 11 is 4.76. The number of non-ortho nitro benzene ring substituents is 1. The number of thiazole rings is 1. The Labute approximate surface area is 186 Å². The van der Waals surface area contributed by atoms with E-state index in [9.17, 15) is 14.9 Å². The minimum atomic E-state index is -0.452. The molecule has 0 aliphatic heterocycles. The minimum Gasteiger partial charge on any atom is -0.492 e. The van der Waals surface area contributed by atoms with Crippen LogP contribution >= 0.6 is 27.3 Å². The van der Waals surface area contributed by atoms with Gasteiger partial charge in [0.2, 0.25) is 5.91 Å². The SMILES string of the molecule is CC(C)(C)c1ccc(OCCCC(=O)Nc2nc3ccc([N+](=O)[O-])cc3s2)c(Br)c1. The van der Waals surface area contributed by atoms with E-state index in [-0.39, 0.29) is 23.4 Å². The van der Waals surface area contributed by atoms with E-state index in [0.29, 0.717) is 28.4 Å². The number of nitro groups is 1. The molecule has 0 spiro atoms. The van der Waals surface area contributed by atoms with Gasteiger partial charge < -0.3 is 10.1 Å². The van der Waals surface area contributed by atoms with Gasteiger partial charge in [0.15, 0.2) is 5.13 Å². The fourth-order valence-electron chi connectivity index (χ4n) is 2.76. The van der Waals surface area contributed by atoms with Crippen molar-refractivity contribution in [2.45, 2.75) is 39.0 Å². The third-order valence-corrected chi connectivity index (χ3v) is 5.99. The Bertz CT molecular complexity index is 1090. The second-order valence-electron chi connectivity index (χ2n) is 7.82. The number of amides is 1. The predicted octanol–water partition coefficient (Wildman–Crippen LogP) is 6.06. The summed E-state index contributed by atoms with van der Waals surface area (Å²) in [4.78, 5) is 26.9. The molecule has 0 fully saturated rings. The van der Waals surface area contributed by atoms with Gasteiger partial charge in [-0.3, -0.25) is 14.9 Å². The number of hydrogen-bond donors (Lipinski definition) is 1. The van der Waals surface area contributed by atoms with Crippen molar-refractivity contribution in [3.8, 4) is 5.75 Å². The highest BCUT2D eigenvalue weighted by Crippen LogP contribution is 2.32. The van der Waals surface area contributed by atoms with E-state index in [1.807, 2.05) is 12.1 Å². The quantitative estimate of drug-likeness (QED) is 0.246. The van der Waals surface area contributed by atoms with Crippen LogP contribution in [0.2, 0.25) is 0 Å². The molecule has 0 unspecified atom stereocenters. The zero-order valence-corrected chi connectivity index (χ0v) is 19.3. The van der Waals surface area contributed by atoms with Gasteiger partial charge in [0.1, 0.15) is 5.75 Å². The first-order chi connectivity index (χ1) is 14.1. The third-order valence-electron chi connectivity index (χ3n) is 4.43. The number of carbonyl (C=O) groups is 1. The van der Waals surface area contributed by atoms with Crippen molar-refractivity contribution in [3.63, 3.8) is 0 Å². The molecule has 3 rings (SSSR count). The van der Waals surface area contributed by atoms with Crippen molar-refractivity contribution in [3.05, 3.63) is 56.5 Å². The highest BCUT2D eigenvalue weighted by Gasteiger charge is 2.15. The Morgan fingerprint density at radius 3 is 2.70 bits per heavy atom. The number of fused-ring (bicyclic) bond motifs is 1. The monoisotopic (exact) mass is 491 g/mol. The topological polar surface area (TPSA) is 94.4 Å². The van der Waals surface area contributed by atoms with Gasteiger partial charge in [-0.2, -0.15) is 0 Å². The number of anilines is 1. The molecule has 3 aromatic rings. The maximum atomic E-state index is 12.2. The molecule has 9 heteroatoms. The molecule has 1 heterocycles. The van der Waals surface area contributed by atoms with Crippen LogP contribution in [0.1, 0.15) is 39.2 Å².